The number of imidazole rings is 1. The third-order valence-corrected chi connectivity index (χ3v) is 3.13. The van der Waals surface area contributed by atoms with Gasteiger partial charge in [0, 0.05) is 24.6 Å². The molecule has 2 rings (SSSR count). The summed E-state index contributed by atoms with van der Waals surface area (Å²) in [5.74, 6) is 1.60. The molecule has 0 aliphatic rings. The minimum Gasteiger partial charge on any atom is -0.370 e. The molecule has 0 saturated carbocycles. The summed E-state index contributed by atoms with van der Waals surface area (Å²) in [5.41, 5.74) is 1.97. The third-order valence-electron chi connectivity index (χ3n) is 3.13. The van der Waals surface area contributed by atoms with E-state index >= 15 is 0 Å². The number of rotatable bonds is 4. The van der Waals surface area contributed by atoms with Crippen molar-refractivity contribution in [1.82, 2.24) is 19.5 Å². The van der Waals surface area contributed by atoms with Crippen molar-refractivity contribution in [1.29, 1.82) is 0 Å². The molecule has 0 spiro atoms. The van der Waals surface area contributed by atoms with Gasteiger partial charge < -0.3 is 9.88 Å². The molecule has 2 aromatic heterocycles. The smallest absolute Gasteiger partial charge is 0.180 e. The summed E-state index contributed by atoms with van der Waals surface area (Å²) in [6, 6.07) is 2.03. The second-order valence-electron chi connectivity index (χ2n) is 5.81. The highest BCUT2D eigenvalue weighted by atomic mass is 15.1. The molecule has 2 aromatic rings. The van der Waals surface area contributed by atoms with E-state index in [2.05, 4.69) is 54.5 Å². The largest absolute Gasteiger partial charge is 0.370 e. The van der Waals surface area contributed by atoms with Crippen LogP contribution < -0.4 is 5.32 Å². The second kappa shape index (κ2) is 5.61. The topological polar surface area (TPSA) is 55.6 Å². The van der Waals surface area contributed by atoms with Crippen molar-refractivity contribution in [2.24, 2.45) is 0 Å². The Bertz CT molecular complexity index is 580. The number of aryl methyl sites for hydroxylation is 1. The van der Waals surface area contributed by atoms with Crippen LogP contribution in [0.25, 0.3) is 11.5 Å². The van der Waals surface area contributed by atoms with E-state index in [1.54, 1.807) is 0 Å². The van der Waals surface area contributed by atoms with Crippen molar-refractivity contribution < 1.29 is 0 Å². The SMILES string of the molecule is CCNc1cc(C(C)(C)C)nc(-c2cncn2CC)n1. The molecule has 108 valence electrons. The predicted octanol–water partition coefficient (Wildman–Crippen LogP) is 3.09. The Balaban J connectivity index is 2.55. The first-order chi connectivity index (χ1) is 9.45. The van der Waals surface area contributed by atoms with Crippen LogP contribution in [-0.4, -0.2) is 26.1 Å². The van der Waals surface area contributed by atoms with Crippen molar-refractivity contribution in [3.05, 3.63) is 24.3 Å². The molecule has 0 saturated heterocycles. The van der Waals surface area contributed by atoms with Crippen molar-refractivity contribution in [3.63, 3.8) is 0 Å². The second-order valence-corrected chi connectivity index (χ2v) is 5.81. The highest BCUT2D eigenvalue weighted by molar-refractivity contribution is 5.53. The zero-order valence-corrected chi connectivity index (χ0v) is 12.9. The van der Waals surface area contributed by atoms with Crippen LogP contribution in [0.4, 0.5) is 5.82 Å². The monoisotopic (exact) mass is 273 g/mol. The van der Waals surface area contributed by atoms with Gasteiger partial charge in [-0.3, -0.25) is 0 Å². The maximum atomic E-state index is 4.73. The lowest BCUT2D eigenvalue weighted by Crippen LogP contribution is -2.16. The molecule has 0 unspecified atom stereocenters. The Labute approximate surface area is 120 Å². The van der Waals surface area contributed by atoms with Crippen LogP contribution in [0.2, 0.25) is 0 Å². The lowest BCUT2D eigenvalue weighted by atomic mass is 9.92. The van der Waals surface area contributed by atoms with E-state index < -0.39 is 0 Å². The first-order valence-electron chi connectivity index (χ1n) is 7.09. The molecular weight excluding hydrogens is 250 g/mol. The molecule has 0 radical (unpaired) electrons. The fourth-order valence-corrected chi connectivity index (χ4v) is 1.98. The highest BCUT2D eigenvalue weighted by Gasteiger charge is 2.19. The number of nitrogens with zero attached hydrogens (tertiary/aromatic N) is 4. The van der Waals surface area contributed by atoms with Gasteiger partial charge in [-0.05, 0) is 13.8 Å². The molecule has 0 aliphatic carbocycles. The van der Waals surface area contributed by atoms with Gasteiger partial charge in [0.05, 0.1) is 18.2 Å². The van der Waals surface area contributed by atoms with E-state index in [0.717, 1.165) is 36.1 Å². The zero-order valence-electron chi connectivity index (χ0n) is 12.9. The van der Waals surface area contributed by atoms with Gasteiger partial charge in [0.15, 0.2) is 5.82 Å². The molecule has 0 atom stereocenters. The van der Waals surface area contributed by atoms with E-state index in [1.807, 2.05) is 18.6 Å². The van der Waals surface area contributed by atoms with Crippen LogP contribution in [0.15, 0.2) is 18.6 Å². The molecule has 5 heteroatoms. The first kappa shape index (κ1) is 14.5. The standard InChI is InChI=1S/C15H23N5/c1-6-17-13-8-12(15(3,4)5)18-14(19-13)11-9-16-10-20(11)7-2/h8-10H,6-7H2,1-5H3,(H,17,18,19). The van der Waals surface area contributed by atoms with Crippen LogP contribution in [0, 0.1) is 0 Å². The summed E-state index contributed by atoms with van der Waals surface area (Å²) < 4.78 is 2.05. The Morgan fingerprint density at radius 1 is 1.20 bits per heavy atom. The fourth-order valence-electron chi connectivity index (χ4n) is 1.98. The molecule has 1 N–H and O–H groups in total. The summed E-state index contributed by atoms with van der Waals surface area (Å²) in [4.78, 5) is 13.5. The van der Waals surface area contributed by atoms with Crippen LogP contribution in [0.1, 0.15) is 40.3 Å². The Morgan fingerprint density at radius 3 is 2.55 bits per heavy atom. The molecule has 20 heavy (non-hydrogen) atoms. The third kappa shape index (κ3) is 2.98. The molecule has 0 aliphatic heterocycles. The lowest BCUT2D eigenvalue weighted by Gasteiger charge is -2.19. The van der Waals surface area contributed by atoms with Gasteiger partial charge in [-0.25, -0.2) is 15.0 Å². The molecule has 0 amide bonds. The van der Waals surface area contributed by atoms with E-state index in [4.69, 9.17) is 4.98 Å². The molecule has 2 heterocycles. The molecule has 5 nitrogen and oxygen atoms in total. The summed E-state index contributed by atoms with van der Waals surface area (Å²) in [7, 11) is 0. The lowest BCUT2D eigenvalue weighted by molar-refractivity contribution is 0.567. The van der Waals surface area contributed by atoms with Gasteiger partial charge in [0.1, 0.15) is 11.5 Å². The Hall–Kier alpha value is -1.91. The van der Waals surface area contributed by atoms with Gasteiger partial charge >= 0.3 is 0 Å². The maximum Gasteiger partial charge on any atom is 0.180 e. The number of anilines is 1. The van der Waals surface area contributed by atoms with E-state index in [-0.39, 0.29) is 5.41 Å². The summed E-state index contributed by atoms with van der Waals surface area (Å²) in [5, 5.41) is 3.28. The fraction of sp³-hybridized carbons (Fsp3) is 0.533. The van der Waals surface area contributed by atoms with Gasteiger partial charge in [-0.2, -0.15) is 0 Å². The van der Waals surface area contributed by atoms with E-state index in [9.17, 15) is 0 Å². The zero-order chi connectivity index (χ0) is 14.8. The number of aromatic nitrogens is 4. The number of hydrogen-bond donors (Lipinski definition) is 1. The van der Waals surface area contributed by atoms with Crippen molar-refractivity contribution in [2.75, 3.05) is 11.9 Å². The molecular formula is C15H23N5. The molecule has 0 bridgehead atoms. The van der Waals surface area contributed by atoms with Gasteiger partial charge in [0.25, 0.3) is 0 Å². The van der Waals surface area contributed by atoms with Gasteiger partial charge in [0.2, 0.25) is 0 Å². The average Bonchev–Trinajstić information content (AvgIpc) is 2.86. The van der Waals surface area contributed by atoms with Crippen molar-refractivity contribution in [2.45, 2.75) is 46.6 Å². The minimum atomic E-state index is -0.0150. The van der Waals surface area contributed by atoms with Crippen LogP contribution in [0.5, 0.6) is 0 Å². The molecule has 0 fully saturated rings. The van der Waals surface area contributed by atoms with Gasteiger partial charge in [-0.1, -0.05) is 20.8 Å². The summed E-state index contributed by atoms with van der Waals surface area (Å²) in [6.07, 6.45) is 3.64. The van der Waals surface area contributed by atoms with Crippen molar-refractivity contribution in [3.8, 4) is 11.5 Å². The normalized spacial score (nSPS) is 11.7. The quantitative estimate of drug-likeness (QED) is 0.930. The highest BCUT2D eigenvalue weighted by Crippen LogP contribution is 2.25. The van der Waals surface area contributed by atoms with E-state index in [0.29, 0.717) is 0 Å². The number of hydrogen-bond acceptors (Lipinski definition) is 4. The van der Waals surface area contributed by atoms with E-state index in [1.165, 1.54) is 0 Å². The Kier molecular flexibility index (Phi) is 4.06. The van der Waals surface area contributed by atoms with Crippen molar-refractivity contribution >= 4 is 5.82 Å². The molecule has 0 aromatic carbocycles. The summed E-state index contributed by atoms with van der Waals surface area (Å²) in [6.45, 7) is 12.3. The minimum absolute atomic E-state index is 0.0150. The van der Waals surface area contributed by atoms with Gasteiger partial charge in [-0.15, -0.1) is 0 Å². The predicted molar refractivity (Wildman–Crippen MR) is 81.8 cm³/mol. The van der Waals surface area contributed by atoms with Crippen LogP contribution >= 0.6 is 0 Å². The summed E-state index contributed by atoms with van der Waals surface area (Å²) >= 11 is 0. The maximum absolute atomic E-state index is 4.73. The number of nitrogens with one attached hydrogen (secondary N) is 1. The average molecular weight is 273 g/mol. The first-order valence-corrected chi connectivity index (χ1v) is 7.09. The van der Waals surface area contributed by atoms with Crippen LogP contribution in [-0.2, 0) is 12.0 Å². The Morgan fingerprint density at radius 2 is 1.95 bits per heavy atom. The van der Waals surface area contributed by atoms with Crippen LogP contribution in [0.3, 0.4) is 0 Å².